The van der Waals surface area contributed by atoms with Crippen LogP contribution in [-0.2, 0) is 9.53 Å². The molecule has 1 heterocycles. The number of hydrogen-bond acceptors (Lipinski definition) is 3. The molecule has 0 aliphatic carbocycles. The molecule has 1 N–H and O–H groups in total. The number of carbonyl (C=O) groups is 1. The summed E-state index contributed by atoms with van der Waals surface area (Å²) in [4.78, 5) is 11.3. The molecule has 3 heteroatoms. The Bertz CT molecular complexity index is 211. The van der Waals surface area contributed by atoms with E-state index in [1.54, 1.807) is 6.08 Å². The van der Waals surface area contributed by atoms with E-state index < -0.39 is 0 Å². The molecule has 1 aliphatic heterocycles. The Hall–Kier alpha value is -0.990. The molecule has 3 nitrogen and oxygen atoms in total. The van der Waals surface area contributed by atoms with Gasteiger partial charge in [0.1, 0.15) is 0 Å². The van der Waals surface area contributed by atoms with Crippen molar-refractivity contribution in [3.8, 4) is 0 Å². The maximum absolute atomic E-state index is 11.3. The zero-order chi connectivity index (χ0) is 10.4. The van der Waals surface area contributed by atoms with Crippen LogP contribution in [0.1, 0.15) is 39.5 Å². The lowest BCUT2D eigenvalue weighted by Gasteiger charge is -2.08. The summed E-state index contributed by atoms with van der Waals surface area (Å²) in [5.41, 5.74) is 1.02. The van der Waals surface area contributed by atoms with Crippen LogP contribution >= 0.6 is 0 Å². The summed E-state index contributed by atoms with van der Waals surface area (Å²) >= 11 is 0. The zero-order valence-electron chi connectivity index (χ0n) is 9.01. The maximum Gasteiger partial charge on any atom is 0.332 e. The molecule has 0 aromatic rings. The second kappa shape index (κ2) is 5.68. The van der Waals surface area contributed by atoms with E-state index in [0.29, 0.717) is 0 Å². The Morgan fingerprint density at radius 1 is 1.43 bits per heavy atom. The van der Waals surface area contributed by atoms with Gasteiger partial charge in [-0.15, -0.1) is 0 Å². The average Bonchev–Trinajstić information content (AvgIpc) is 2.31. The summed E-state index contributed by atoms with van der Waals surface area (Å²) < 4.78 is 5.04. The standard InChI is InChI=1S/C11H19NO2/c1-9(2)14-11(13)8-10-6-4-3-5-7-12-10/h8-9,12H,3-7H2,1-2H3/b10-8-. The van der Waals surface area contributed by atoms with Crippen molar-refractivity contribution in [2.24, 2.45) is 0 Å². The highest BCUT2D eigenvalue weighted by atomic mass is 16.5. The molecule has 0 spiro atoms. The largest absolute Gasteiger partial charge is 0.460 e. The number of carbonyl (C=O) groups excluding carboxylic acids is 1. The Labute approximate surface area is 85.5 Å². The van der Waals surface area contributed by atoms with Crippen LogP contribution < -0.4 is 5.32 Å². The molecule has 1 rings (SSSR count). The van der Waals surface area contributed by atoms with Gasteiger partial charge in [-0.25, -0.2) is 4.79 Å². The predicted octanol–water partition coefficient (Wildman–Crippen LogP) is 1.99. The van der Waals surface area contributed by atoms with Gasteiger partial charge in [-0.1, -0.05) is 6.42 Å². The van der Waals surface area contributed by atoms with E-state index in [2.05, 4.69) is 5.32 Å². The van der Waals surface area contributed by atoms with E-state index >= 15 is 0 Å². The van der Waals surface area contributed by atoms with Crippen LogP contribution in [0.5, 0.6) is 0 Å². The van der Waals surface area contributed by atoms with Crippen LogP contribution in [0.4, 0.5) is 0 Å². The van der Waals surface area contributed by atoms with Crippen molar-refractivity contribution in [3.05, 3.63) is 11.8 Å². The maximum atomic E-state index is 11.3. The van der Waals surface area contributed by atoms with Gasteiger partial charge in [0.25, 0.3) is 0 Å². The van der Waals surface area contributed by atoms with Crippen molar-refractivity contribution < 1.29 is 9.53 Å². The van der Waals surface area contributed by atoms with Crippen molar-refractivity contribution in [2.75, 3.05) is 6.54 Å². The van der Waals surface area contributed by atoms with Crippen LogP contribution in [0.25, 0.3) is 0 Å². The normalized spacial score (nSPS) is 20.4. The van der Waals surface area contributed by atoms with Crippen molar-refractivity contribution in [1.82, 2.24) is 5.32 Å². The average molecular weight is 197 g/mol. The minimum absolute atomic E-state index is 0.0369. The summed E-state index contributed by atoms with van der Waals surface area (Å²) in [6.07, 6.45) is 6.11. The Morgan fingerprint density at radius 3 is 2.93 bits per heavy atom. The molecule has 1 fully saturated rings. The summed E-state index contributed by atoms with van der Waals surface area (Å²) in [5, 5.41) is 3.25. The highest BCUT2D eigenvalue weighted by Crippen LogP contribution is 2.11. The van der Waals surface area contributed by atoms with Gasteiger partial charge in [0.2, 0.25) is 0 Å². The molecule has 80 valence electrons. The molecule has 0 bridgehead atoms. The van der Waals surface area contributed by atoms with E-state index in [-0.39, 0.29) is 12.1 Å². The molecule has 0 unspecified atom stereocenters. The number of hydrogen-bond donors (Lipinski definition) is 1. The molecular weight excluding hydrogens is 178 g/mol. The Morgan fingerprint density at radius 2 is 2.21 bits per heavy atom. The van der Waals surface area contributed by atoms with Crippen LogP contribution in [0, 0.1) is 0 Å². The van der Waals surface area contributed by atoms with Crippen LogP contribution in [-0.4, -0.2) is 18.6 Å². The summed E-state index contributed by atoms with van der Waals surface area (Å²) in [7, 11) is 0. The fourth-order valence-electron chi connectivity index (χ4n) is 1.49. The van der Waals surface area contributed by atoms with E-state index in [1.165, 1.54) is 12.8 Å². The smallest absolute Gasteiger partial charge is 0.332 e. The van der Waals surface area contributed by atoms with Crippen LogP contribution in [0.15, 0.2) is 11.8 Å². The van der Waals surface area contributed by atoms with Crippen molar-refractivity contribution in [1.29, 1.82) is 0 Å². The molecule has 0 amide bonds. The summed E-state index contributed by atoms with van der Waals surface area (Å²) in [6.45, 7) is 4.69. The van der Waals surface area contributed by atoms with Gasteiger partial charge >= 0.3 is 5.97 Å². The topological polar surface area (TPSA) is 38.3 Å². The third-order valence-electron chi connectivity index (χ3n) is 2.12. The van der Waals surface area contributed by atoms with Crippen LogP contribution in [0.2, 0.25) is 0 Å². The Balaban J connectivity index is 2.43. The van der Waals surface area contributed by atoms with Gasteiger partial charge < -0.3 is 10.1 Å². The number of allylic oxidation sites excluding steroid dienone is 1. The lowest BCUT2D eigenvalue weighted by molar-refractivity contribution is -0.141. The first-order valence-corrected chi connectivity index (χ1v) is 5.33. The van der Waals surface area contributed by atoms with Crippen molar-refractivity contribution in [3.63, 3.8) is 0 Å². The van der Waals surface area contributed by atoms with Gasteiger partial charge in [0.15, 0.2) is 0 Å². The first-order chi connectivity index (χ1) is 6.68. The quantitative estimate of drug-likeness (QED) is 0.543. The molecule has 0 atom stereocenters. The van der Waals surface area contributed by atoms with E-state index in [0.717, 1.165) is 25.1 Å². The molecular formula is C11H19NO2. The molecule has 1 saturated heterocycles. The monoisotopic (exact) mass is 197 g/mol. The third kappa shape index (κ3) is 4.30. The highest BCUT2D eigenvalue weighted by molar-refractivity contribution is 5.82. The fourth-order valence-corrected chi connectivity index (χ4v) is 1.49. The second-order valence-corrected chi connectivity index (χ2v) is 3.89. The van der Waals surface area contributed by atoms with Gasteiger partial charge in [-0.2, -0.15) is 0 Å². The first kappa shape index (κ1) is 11.1. The number of rotatable bonds is 2. The summed E-state index contributed by atoms with van der Waals surface area (Å²) in [5.74, 6) is -0.232. The minimum atomic E-state index is -0.232. The molecule has 1 aliphatic rings. The van der Waals surface area contributed by atoms with Crippen molar-refractivity contribution in [2.45, 2.75) is 45.6 Å². The van der Waals surface area contributed by atoms with Gasteiger partial charge in [-0.05, 0) is 33.1 Å². The summed E-state index contributed by atoms with van der Waals surface area (Å²) in [6, 6.07) is 0. The van der Waals surface area contributed by atoms with E-state index in [4.69, 9.17) is 4.74 Å². The molecule has 0 radical (unpaired) electrons. The van der Waals surface area contributed by atoms with Gasteiger partial charge in [-0.3, -0.25) is 0 Å². The van der Waals surface area contributed by atoms with Gasteiger partial charge in [0, 0.05) is 18.3 Å². The number of esters is 1. The first-order valence-electron chi connectivity index (χ1n) is 5.33. The molecule has 0 aromatic carbocycles. The molecule has 14 heavy (non-hydrogen) atoms. The molecule has 0 saturated carbocycles. The van der Waals surface area contributed by atoms with Crippen molar-refractivity contribution >= 4 is 5.97 Å². The lowest BCUT2D eigenvalue weighted by Crippen LogP contribution is -2.16. The lowest BCUT2D eigenvalue weighted by atomic mass is 10.2. The zero-order valence-corrected chi connectivity index (χ0v) is 9.01. The SMILES string of the molecule is CC(C)OC(=O)/C=C1/CCCCCN1. The number of nitrogens with one attached hydrogen (secondary N) is 1. The predicted molar refractivity (Wildman–Crippen MR) is 55.8 cm³/mol. The van der Waals surface area contributed by atoms with E-state index in [1.807, 2.05) is 13.8 Å². The van der Waals surface area contributed by atoms with E-state index in [9.17, 15) is 4.79 Å². The fraction of sp³-hybridized carbons (Fsp3) is 0.727. The number of ether oxygens (including phenoxy) is 1. The molecule has 0 aromatic heterocycles. The third-order valence-corrected chi connectivity index (χ3v) is 2.12. The minimum Gasteiger partial charge on any atom is -0.460 e. The van der Waals surface area contributed by atoms with Gasteiger partial charge in [0.05, 0.1) is 6.10 Å². The second-order valence-electron chi connectivity index (χ2n) is 3.89. The van der Waals surface area contributed by atoms with Crippen LogP contribution in [0.3, 0.4) is 0 Å². The Kier molecular flexibility index (Phi) is 4.50. The highest BCUT2D eigenvalue weighted by Gasteiger charge is 2.07.